The highest BCUT2D eigenvalue weighted by Crippen LogP contribution is 2.58. The summed E-state index contributed by atoms with van der Waals surface area (Å²) in [6.45, 7) is 0. The van der Waals surface area contributed by atoms with E-state index in [1.165, 1.54) is 6.42 Å². The SMILES string of the molecule is CN1C2CC(OC(=O)c3ccccc3)CC1[C@@H]1C[C@H]21. The number of nitrogens with zero attached hydrogens (tertiary/aromatic N) is 1. The van der Waals surface area contributed by atoms with Gasteiger partial charge in [-0.1, -0.05) is 18.2 Å². The molecule has 3 aliphatic rings. The minimum absolute atomic E-state index is 0.117. The van der Waals surface area contributed by atoms with Gasteiger partial charge in [-0.15, -0.1) is 0 Å². The summed E-state index contributed by atoms with van der Waals surface area (Å²) >= 11 is 0. The number of benzene rings is 1. The van der Waals surface area contributed by atoms with E-state index in [-0.39, 0.29) is 12.1 Å². The Morgan fingerprint density at radius 1 is 1.11 bits per heavy atom. The van der Waals surface area contributed by atoms with Gasteiger partial charge >= 0.3 is 5.97 Å². The average Bonchev–Trinajstić information content (AvgIpc) is 3.18. The smallest absolute Gasteiger partial charge is 0.338 e. The van der Waals surface area contributed by atoms with Crippen molar-refractivity contribution in [2.45, 2.75) is 37.5 Å². The molecule has 0 amide bonds. The van der Waals surface area contributed by atoms with Crippen LogP contribution in [-0.2, 0) is 4.74 Å². The number of hydrogen-bond acceptors (Lipinski definition) is 3. The molecule has 1 saturated carbocycles. The molecule has 2 aliphatic heterocycles. The van der Waals surface area contributed by atoms with Gasteiger partial charge in [0.05, 0.1) is 5.56 Å². The highest BCUT2D eigenvalue weighted by Gasteiger charge is 2.60. The van der Waals surface area contributed by atoms with Crippen molar-refractivity contribution in [3.05, 3.63) is 35.9 Å². The lowest BCUT2D eigenvalue weighted by Gasteiger charge is -2.38. The molecule has 3 nitrogen and oxygen atoms in total. The van der Waals surface area contributed by atoms with Crippen LogP contribution in [-0.4, -0.2) is 36.1 Å². The maximum atomic E-state index is 12.1. The second kappa shape index (κ2) is 4.07. The molecule has 3 heteroatoms. The molecule has 0 radical (unpaired) electrons. The zero-order chi connectivity index (χ0) is 13.0. The Kier molecular flexibility index (Phi) is 2.46. The van der Waals surface area contributed by atoms with E-state index in [1.54, 1.807) is 0 Å². The first-order valence-corrected chi connectivity index (χ1v) is 7.22. The summed E-state index contributed by atoms with van der Waals surface area (Å²) in [6, 6.07) is 10.6. The molecule has 2 bridgehead atoms. The number of ether oxygens (including phenoxy) is 1. The molecule has 2 heterocycles. The topological polar surface area (TPSA) is 29.5 Å². The van der Waals surface area contributed by atoms with Crippen molar-refractivity contribution in [1.82, 2.24) is 4.90 Å². The molecule has 1 aliphatic carbocycles. The molecule has 0 spiro atoms. The Hall–Kier alpha value is -1.35. The van der Waals surface area contributed by atoms with Crippen LogP contribution in [0.5, 0.6) is 0 Å². The van der Waals surface area contributed by atoms with Gasteiger partial charge in [0.1, 0.15) is 6.10 Å². The molecule has 1 aromatic rings. The fraction of sp³-hybridized carbons (Fsp3) is 0.562. The standard InChI is InChI=1S/C16H19NO2/c1-17-14-7-11(8-15(17)13-9-12(13)14)19-16(18)10-5-3-2-4-6-10/h2-6,11-15H,7-9H2,1H3/t11?,12-,13+,14?,15?. The first-order valence-electron chi connectivity index (χ1n) is 7.22. The van der Waals surface area contributed by atoms with Crippen molar-refractivity contribution < 1.29 is 9.53 Å². The Bertz CT molecular complexity index is 483. The van der Waals surface area contributed by atoms with E-state index < -0.39 is 0 Å². The lowest BCUT2D eigenvalue weighted by Crippen LogP contribution is -2.46. The number of fused-ring (bicyclic) bond motifs is 5. The fourth-order valence-electron chi connectivity index (χ4n) is 4.18. The van der Waals surface area contributed by atoms with Crippen LogP contribution in [0.15, 0.2) is 30.3 Å². The van der Waals surface area contributed by atoms with Crippen LogP contribution in [0.4, 0.5) is 0 Å². The van der Waals surface area contributed by atoms with Gasteiger partial charge in [-0.05, 0) is 37.4 Å². The molecule has 2 saturated heterocycles. The Balaban J connectivity index is 1.44. The molecule has 4 rings (SSSR count). The third-order valence-corrected chi connectivity index (χ3v) is 5.22. The molecular formula is C16H19NO2. The largest absolute Gasteiger partial charge is 0.459 e. The molecule has 0 aromatic heterocycles. The molecule has 0 N–H and O–H groups in total. The normalized spacial score (nSPS) is 39.7. The predicted molar refractivity (Wildman–Crippen MR) is 71.8 cm³/mol. The number of piperidine rings is 2. The maximum Gasteiger partial charge on any atom is 0.338 e. The third kappa shape index (κ3) is 1.79. The van der Waals surface area contributed by atoms with Crippen LogP contribution >= 0.6 is 0 Å². The van der Waals surface area contributed by atoms with Crippen molar-refractivity contribution in [3.8, 4) is 0 Å². The lowest BCUT2D eigenvalue weighted by atomic mass is 9.96. The van der Waals surface area contributed by atoms with E-state index in [2.05, 4.69) is 11.9 Å². The van der Waals surface area contributed by atoms with Crippen molar-refractivity contribution >= 4 is 5.97 Å². The summed E-state index contributed by atoms with van der Waals surface area (Å²) < 4.78 is 5.71. The molecule has 19 heavy (non-hydrogen) atoms. The fourth-order valence-corrected chi connectivity index (χ4v) is 4.18. The van der Waals surface area contributed by atoms with Crippen LogP contribution in [0.25, 0.3) is 0 Å². The number of carbonyl (C=O) groups is 1. The summed E-state index contributed by atoms with van der Waals surface area (Å²) in [5, 5.41) is 0. The quantitative estimate of drug-likeness (QED) is 0.762. The first-order chi connectivity index (χ1) is 9.24. The van der Waals surface area contributed by atoms with E-state index in [0.717, 1.165) is 24.7 Å². The Morgan fingerprint density at radius 3 is 2.37 bits per heavy atom. The van der Waals surface area contributed by atoms with Crippen molar-refractivity contribution in [3.63, 3.8) is 0 Å². The van der Waals surface area contributed by atoms with Crippen molar-refractivity contribution in [1.29, 1.82) is 0 Å². The molecule has 5 atom stereocenters. The minimum atomic E-state index is -0.164. The summed E-state index contributed by atoms with van der Waals surface area (Å²) in [4.78, 5) is 14.6. The van der Waals surface area contributed by atoms with E-state index in [4.69, 9.17) is 4.74 Å². The monoisotopic (exact) mass is 257 g/mol. The van der Waals surface area contributed by atoms with Crippen LogP contribution in [0.1, 0.15) is 29.6 Å². The summed E-state index contributed by atoms with van der Waals surface area (Å²) in [5.74, 6) is 1.61. The second-order valence-electron chi connectivity index (χ2n) is 6.23. The van der Waals surface area contributed by atoms with Crippen LogP contribution < -0.4 is 0 Å². The van der Waals surface area contributed by atoms with Gasteiger partial charge in [0.2, 0.25) is 0 Å². The van der Waals surface area contributed by atoms with Crippen molar-refractivity contribution in [2.24, 2.45) is 11.8 Å². The zero-order valence-corrected chi connectivity index (χ0v) is 11.2. The average molecular weight is 257 g/mol. The van der Waals surface area contributed by atoms with Gasteiger partial charge in [0.15, 0.2) is 0 Å². The number of carbonyl (C=O) groups excluding carboxylic acids is 1. The van der Waals surface area contributed by atoms with E-state index in [9.17, 15) is 4.79 Å². The number of rotatable bonds is 2. The van der Waals surface area contributed by atoms with Gasteiger partial charge in [0, 0.05) is 24.9 Å². The Labute approximate surface area is 113 Å². The molecule has 1 aromatic carbocycles. The molecule has 100 valence electrons. The molecule has 3 fully saturated rings. The van der Waals surface area contributed by atoms with Crippen molar-refractivity contribution in [2.75, 3.05) is 7.05 Å². The van der Waals surface area contributed by atoms with Gasteiger partial charge in [-0.2, -0.15) is 0 Å². The molecule has 3 unspecified atom stereocenters. The number of hydrogen-bond donors (Lipinski definition) is 0. The van der Waals surface area contributed by atoms with Crippen LogP contribution in [0.3, 0.4) is 0 Å². The zero-order valence-electron chi connectivity index (χ0n) is 11.2. The van der Waals surface area contributed by atoms with Gasteiger partial charge in [0.25, 0.3) is 0 Å². The van der Waals surface area contributed by atoms with Gasteiger partial charge < -0.3 is 4.74 Å². The summed E-state index contributed by atoms with van der Waals surface area (Å²) in [6.07, 6.45) is 3.56. The Morgan fingerprint density at radius 2 is 1.74 bits per heavy atom. The predicted octanol–water partition coefficient (Wildman–Crippen LogP) is 2.32. The lowest BCUT2D eigenvalue weighted by molar-refractivity contribution is -0.00794. The van der Waals surface area contributed by atoms with E-state index in [0.29, 0.717) is 17.6 Å². The highest BCUT2D eigenvalue weighted by atomic mass is 16.5. The third-order valence-electron chi connectivity index (χ3n) is 5.22. The highest BCUT2D eigenvalue weighted by molar-refractivity contribution is 5.89. The maximum absolute atomic E-state index is 12.1. The summed E-state index contributed by atoms with van der Waals surface area (Å²) in [7, 11) is 2.23. The van der Waals surface area contributed by atoms with Crippen LogP contribution in [0.2, 0.25) is 0 Å². The van der Waals surface area contributed by atoms with Gasteiger partial charge in [-0.3, -0.25) is 4.90 Å². The van der Waals surface area contributed by atoms with E-state index in [1.807, 2.05) is 30.3 Å². The van der Waals surface area contributed by atoms with Crippen LogP contribution in [0, 0.1) is 11.8 Å². The molecular weight excluding hydrogens is 238 g/mol. The van der Waals surface area contributed by atoms with E-state index >= 15 is 0 Å². The number of esters is 1. The first kappa shape index (κ1) is 11.5. The summed E-state index contributed by atoms with van der Waals surface area (Å²) in [5.41, 5.74) is 0.666. The van der Waals surface area contributed by atoms with Gasteiger partial charge in [-0.25, -0.2) is 4.79 Å². The second-order valence-corrected chi connectivity index (χ2v) is 6.23. The minimum Gasteiger partial charge on any atom is -0.459 e.